The molecule has 0 amide bonds. The van der Waals surface area contributed by atoms with Crippen molar-refractivity contribution >= 4 is 12.1 Å². The van der Waals surface area contributed by atoms with Crippen LogP contribution < -0.4 is 0 Å². The highest BCUT2D eigenvalue weighted by Gasteiger charge is 2.13. The van der Waals surface area contributed by atoms with Gasteiger partial charge in [-0.05, 0) is 18.1 Å². The highest BCUT2D eigenvalue weighted by atomic mass is 16.1. The normalized spacial score (nSPS) is 12.1. The molecular formula is C13H16O2. The Morgan fingerprint density at radius 2 is 2.20 bits per heavy atom. The fourth-order valence-electron chi connectivity index (χ4n) is 1.55. The van der Waals surface area contributed by atoms with Crippen LogP contribution in [0, 0.1) is 0 Å². The highest BCUT2D eigenvalue weighted by Crippen LogP contribution is 2.19. The van der Waals surface area contributed by atoms with E-state index in [1.54, 1.807) is 12.1 Å². The Morgan fingerprint density at radius 3 is 2.80 bits per heavy atom. The predicted octanol–water partition coefficient (Wildman–Crippen LogP) is 2.97. The number of rotatable bonds is 5. The molecule has 1 aromatic carbocycles. The molecule has 0 heterocycles. The van der Waals surface area contributed by atoms with Crippen LogP contribution in [-0.4, -0.2) is 12.1 Å². The molecule has 0 saturated carbocycles. The zero-order chi connectivity index (χ0) is 11.3. The molecule has 0 fully saturated rings. The Hall–Kier alpha value is -1.44. The third kappa shape index (κ3) is 3.01. The lowest BCUT2D eigenvalue weighted by molar-refractivity contribution is -0.120. The number of carbonyl (C=O) groups excluding carboxylic acids is 2. The molecule has 1 unspecified atom stereocenters. The van der Waals surface area contributed by atoms with Gasteiger partial charge in [-0.25, -0.2) is 0 Å². The second kappa shape index (κ2) is 5.44. The number of ketones is 1. The maximum atomic E-state index is 11.7. The molecular weight excluding hydrogens is 188 g/mol. The molecule has 0 spiro atoms. The van der Waals surface area contributed by atoms with Crippen LogP contribution in [0.2, 0.25) is 0 Å². The van der Waals surface area contributed by atoms with Crippen molar-refractivity contribution in [2.45, 2.75) is 32.6 Å². The molecule has 15 heavy (non-hydrogen) atoms. The van der Waals surface area contributed by atoms with Crippen molar-refractivity contribution in [3.63, 3.8) is 0 Å². The fourth-order valence-corrected chi connectivity index (χ4v) is 1.55. The second-order valence-electron chi connectivity index (χ2n) is 3.73. The lowest BCUT2D eigenvalue weighted by atomic mass is 9.93. The van der Waals surface area contributed by atoms with E-state index in [1.165, 1.54) is 0 Å². The molecule has 80 valence electrons. The van der Waals surface area contributed by atoms with Crippen molar-refractivity contribution in [1.82, 2.24) is 0 Å². The average molecular weight is 204 g/mol. The molecule has 0 saturated heterocycles. The molecule has 0 aromatic heterocycles. The molecule has 0 aliphatic rings. The van der Waals surface area contributed by atoms with Crippen molar-refractivity contribution in [3.8, 4) is 0 Å². The van der Waals surface area contributed by atoms with E-state index in [-0.39, 0.29) is 11.7 Å². The SMILES string of the molecule is CCCC(=O)C(C)c1cccc(C=O)c1. The van der Waals surface area contributed by atoms with E-state index in [2.05, 4.69) is 0 Å². The molecule has 0 aliphatic carbocycles. The summed E-state index contributed by atoms with van der Waals surface area (Å²) < 4.78 is 0. The third-order valence-corrected chi connectivity index (χ3v) is 2.53. The molecule has 0 aliphatic heterocycles. The first-order valence-electron chi connectivity index (χ1n) is 5.27. The zero-order valence-electron chi connectivity index (χ0n) is 9.19. The number of Topliss-reactive ketones (excluding diaryl/α,β-unsaturated/α-hetero) is 1. The number of hydrogen-bond acceptors (Lipinski definition) is 2. The minimum absolute atomic E-state index is 0.107. The van der Waals surface area contributed by atoms with Crippen molar-refractivity contribution in [3.05, 3.63) is 35.4 Å². The van der Waals surface area contributed by atoms with Gasteiger partial charge in [0.05, 0.1) is 0 Å². The van der Waals surface area contributed by atoms with E-state index in [9.17, 15) is 9.59 Å². The summed E-state index contributed by atoms with van der Waals surface area (Å²) in [7, 11) is 0. The average Bonchev–Trinajstić information content (AvgIpc) is 2.28. The molecule has 0 radical (unpaired) electrons. The Balaban J connectivity index is 2.85. The Bertz CT molecular complexity index is 355. The first-order valence-corrected chi connectivity index (χ1v) is 5.27. The smallest absolute Gasteiger partial charge is 0.150 e. The molecule has 2 heteroatoms. The number of carbonyl (C=O) groups is 2. The summed E-state index contributed by atoms with van der Waals surface area (Å²) in [5.74, 6) is 0.130. The maximum Gasteiger partial charge on any atom is 0.150 e. The van der Waals surface area contributed by atoms with Gasteiger partial charge in [-0.3, -0.25) is 9.59 Å². The van der Waals surface area contributed by atoms with Crippen LogP contribution in [0.15, 0.2) is 24.3 Å². The van der Waals surface area contributed by atoms with Crippen molar-refractivity contribution < 1.29 is 9.59 Å². The van der Waals surface area contributed by atoms with Gasteiger partial charge in [0.2, 0.25) is 0 Å². The maximum absolute atomic E-state index is 11.7. The number of benzene rings is 1. The van der Waals surface area contributed by atoms with Gasteiger partial charge in [0.25, 0.3) is 0 Å². The molecule has 0 bridgehead atoms. The first-order chi connectivity index (χ1) is 7.19. The summed E-state index contributed by atoms with van der Waals surface area (Å²) in [6.45, 7) is 3.88. The molecule has 1 rings (SSSR count). The Labute approximate surface area is 90.3 Å². The molecule has 2 nitrogen and oxygen atoms in total. The number of aldehydes is 1. The van der Waals surface area contributed by atoms with E-state index in [0.29, 0.717) is 12.0 Å². The van der Waals surface area contributed by atoms with Crippen LogP contribution in [-0.2, 0) is 4.79 Å². The molecule has 1 aromatic rings. The van der Waals surface area contributed by atoms with Crippen LogP contribution >= 0.6 is 0 Å². The fraction of sp³-hybridized carbons (Fsp3) is 0.385. The molecule has 1 atom stereocenters. The lowest BCUT2D eigenvalue weighted by Gasteiger charge is -2.10. The summed E-state index contributed by atoms with van der Waals surface area (Å²) in [4.78, 5) is 22.2. The first kappa shape index (κ1) is 11.6. The van der Waals surface area contributed by atoms with Gasteiger partial charge in [-0.15, -0.1) is 0 Å². The largest absolute Gasteiger partial charge is 0.299 e. The third-order valence-electron chi connectivity index (χ3n) is 2.53. The van der Waals surface area contributed by atoms with E-state index in [4.69, 9.17) is 0 Å². The summed E-state index contributed by atoms with van der Waals surface area (Å²) in [5.41, 5.74) is 1.56. The van der Waals surface area contributed by atoms with Crippen molar-refractivity contribution in [2.24, 2.45) is 0 Å². The minimum Gasteiger partial charge on any atom is -0.299 e. The monoisotopic (exact) mass is 204 g/mol. The molecule has 0 N–H and O–H groups in total. The van der Waals surface area contributed by atoms with Gasteiger partial charge in [-0.2, -0.15) is 0 Å². The topological polar surface area (TPSA) is 34.1 Å². The predicted molar refractivity (Wildman–Crippen MR) is 60.2 cm³/mol. The summed E-state index contributed by atoms with van der Waals surface area (Å²) in [6.07, 6.45) is 2.28. The van der Waals surface area contributed by atoms with Gasteiger partial charge in [0.15, 0.2) is 0 Å². The van der Waals surface area contributed by atoms with E-state index < -0.39 is 0 Å². The van der Waals surface area contributed by atoms with Gasteiger partial charge in [-0.1, -0.05) is 32.0 Å². The summed E-state index contributed by atoms with van der Waals surface area (Å²) >= 11 is 0. The quantitative estimate of drug-likeness (QED) is 0.691. The lowest BCUT2D eigenvalue weighted by Crippen LogP contribution is -2.08. The summed E-state index contributed by atoms with van der Waals surface area (Å²) in [6, 6.07) is 7.23. The number of hydrogen-bond donors (Lipinski definition) is 0. The standard InChI is InChI=1S/C13H16O2/c1-3-5-13(15)10(2)12-7-4-6-11(8-12)9-14/h4,6-10H,3,5H2,1-2H3. The van der Waals surface area contributed by atoms with Crippen LogP contribution in [0.25, 0.3) is 0 Å². The Kier molecular flexibility index (Phi) is 4.22. The van der Waals surface area contributed by atoms with Gasteiger partial charge in [0, 0.05) is 17.9 Å². The van der Waals surface area contributed by atoms with Gasteiger partial charge >= 0.3 is 0 Å². The van der Waals surface area contributed by atoms with Crippen LogP contribution in [0.4, 0.5) is 0 Å². The van der Waals surface area contributed by atoms with Gasteiger partial charge < -0.3 is 0 Å². The van der Waals surface area contributed by atoms with Crippen LogP contribution in [0.1, 0.15) is 48.5 Å². The second-order valence-corrected chi connectivity index (χ2v) is 3.73. The summed E-state index contributed by atoms with van der Waals surface area (Å²) in [5, 5.41) is 0. The van der Waals surface area contributed by atoms with Crippen LogP contribution in [0.5, 0.6) is 0 Å². The van der Waals surface area contributed by atoms with E-state index >= 15 is 0 Å². The zero-order valence-corrected chi connectivity index (χ0v) is 9.19. The Morgan fingerprint density at radius 1 is 1.47 bits per heavy atom. The van der Waals surface area contributed by atoms with E-state index in [1.807, 2.05) is 26.0 Å². The minimum atomic E-state index is -0.107. The van der Waals surface area contributed by atoms with Crippen molar-refractivity contribution in [2.75, 3.05) is 0 Å². The van der Waals surface area contributed by atoms with E-state index in [0.717, 1.165) is 18.3 Å². The van der Waals surface area contributed by atoms with Gasteiger partial charge in [0.1, 0.15) is 12.1 Å². The van der Waals surface area contributed by atoms with Crippen LogP contribution in [0.3, 0.4) is 0 Å². The highest BCUT2D eigenvalue weighted by molar-refractivity contribution is 5.86. The van der Waals surface area contributed by atoms with Crippen molar-refractivity contribution in [1.29, 1.82) is 0 Å².